The summed E-state index contributed by atoms with van der Waals surface area (Å²) in [6, 6.07) is 3.41. The molecule has 0 aliphatic carbocycles. The van der Waals surface area contributed by atoms with Gasteiger partial charge in [-0.3, -0.25) is 10.1 Å². The number of aliphatic carboxylic acids is 1. The number of nitro groups is 1. The fraction of sp³-hybridized carbons (Fsp3) is 0. The van der Waals surface area contributed by atoms with Gasteiger partial charge in [-0.05, 0) is 12.1 Å². The van der Waals surface area contributed by atoms with Crippen molar-refractivity contribution in [3.8, 4) is 5.75 Å². The number of hydrogen-bond acceptors (Lipinski definition) is 4. The van der Waals surface area contributed by atoms with Gasteiger partial charge >= 0.3 is 5.97 Å². The van der Waals surface area contributed by atoms with E-state index in [2.05, 4.69) is 0 Å². The molecule has 0 unspecified atom stereocenters. The molecule has 0 aliphatic heterocycles. The minimum atomic E-state index is -1.16. The minimum absolute atomic E-state index is 0.211. The zero-order valence-electron chi connectivity index (χ0n) is 7.45. The maximum atomic E-state index is 10.3. The summed E-state index contributed by atoms with van der Waals surface area (Å²) in [4.78, 5) is 19.8. The second-order valence-corrected chi connectivity index (χ2v) is 2.67. The number of phenolic OH excluding ortho intramolecular Hbond substituents is 1. The third kappa shape index (κ3) is 2.80. The summed E-state index contributed by atoms with van der Waals surface area (Å²) in [6.45, 7) is 0. The molecule has 0 spiro atoms. The van der Waals surface area contributed by atoms with Gasteiger partial charge in [0.05, 0.1) is 11.0 Å². The number of carboxylic acids is 1. The van der Waals surface area contributed by atoms with Crippen LogP contribution in [0.3, 0.4) is 0 Å². The van der Waals surface area contributed by atoms with Gasteiger partial charge in [-0.2, -0.15) is 0 Å². The zero-order chi connectivity index (χ0) is 11.4. The molecule has 15 heavy (non-hydrogen) atoms. The van der Waals surface area contributed by atoms with Gasteiger partial charge in [0.25, 0.3) is 5.69 Å². The minimum Gasteiger partial charge on any atom is -0.507 e. The Bertz CT molecular complexity index is 438. The van der Waals surface area contributed by atoms with Crippen LogP contribution in [0.25, 0.3) is 6.08 Å². The number of aromatic hydroxyl groups is 1. The third-order valence-electron chi connectivity index (χ3n) is 1.63. The summed E-state index contributed by atoms with van der Waals surface area (Å²) in [5.74, 6) is -1.49. The van der Waals surface area contributed by atoms with Crippen LogP contribution < -0.4 is 0 Å². The van der Waals surface area contributed by atoms with Crippen LogP contribution in [0.1, 0.15) is 5.56 Å². The van der Waals surface area contributed by atoms with Crippen molar-refractivity contribution >= 4 is 17.7 Å². The highest BCUT2D eigenvalue weighted by atomic mass is 16.6. The van der Waals surface area contributed by atoms with E-state index in [4.69, 9.17) is 5.11 Å². The normalized spacial score (nSPS) is 10.4. The maximum Gasteiger partial charge on any atom is 0.328 e. The van der Waals surface area contributed by atoms with E-state index in [0.29, 0.717) is 0 Å². The second-order valence-electron chi connectivity index (χ2n) is 2.67. The molecule has 1 aromatic carbocycles. The van der Waals surface area contributed by atoms with Crippen LogP contribution in [-0.4, -0.2) is 21.1 Å². The largest absolute Gasteiger partial charge is 0.507 e. The Hall–Kier alpha value is -2.37. The lowest BCUT2D eigenvalue weighted by atomic mass is 10.1. The van der Waals surface area contributed by atoms with E-state index in [1.165, 1.54) is 12.1 Å². The Morgan fingerprint density at radius 3 is 2.60 bits per heavy atom. The molecule has 0 amide bonds. The van der Waals surface area contributed by atoms with Gasteiger partial charge < -0.3 is 10.2 Å². The topological polar surface area (TPSA) is 101 Å². The van der Waals surface area contributed by atoms with Gasteiger partial charge in [0.1, 0.15) is 5.75 Å². The number of rotatable bonds is 3. The first-order valence-corrected chi connectivity index (χ1v) is 3.89. The summed E-state index contributed by atoms with van der Waals surface area (Å²) < 4.78 is 0. The van der Waals surface area contributed by atoms with Gasteiger partial charge in [0.15, 0.2) is 0 Å². The quantitative estimate of drug-likeness (QED) is 0.445. The van der Waals surface area contributed by atoms with Crippen molar-refractivity contribution in [2.75, 3.05) is 0 Å². The number of carbonyl (C=O) groups is 1. The molecule has 0 saturated carbocycles. The lowest BCUT2D eigenvalue weighted by molar-refractivity contribution is -0.384. The summed E-state index contributed by atoms with van der Waals surface area (Å²) in [7, 11) is 0. The second kappa shape index (κ2) is 4.23. The van der Waals surface area contributed by atoms with Crippen LogP contribution in [-0.2, 0) is 4.79 Å². The number of non-ortho nitro benzene ring substituents is 1. The van der Waals surface area contributed by atoms with Crippen LogP contribution in [0.15, 0.2) is 24.3 Å². The fourth-order valence-electron chi connectivity index (χ4n) is 0.948. The van der Waals surface area contributed by atoms with E-state index in [0.717, 1.165) is 18.2 Å². The zero-order valence-corrected chi connectivity index (χ0v) is 7.45. The van der Waals surface area contributed by atoms with Crippen molar-refractivity contribution in [1.82, 2.24) is 0 Å². The van der Waals surface area contributed by atoms with Crippen molar-refractivity contribution in [1.29, 1.82) is 0 Å². The highest BCUT2D eigenvalue weighted by Crippen LogP contribution is 2.24. The van der Waals surface area contributed by atoms with E-state index >= 15 is 0 Å². The molecule has 2 N–H and O–H groups in total. The maximum absolute atomic E-state index is 10.3. The number of nitro benzene ring substituents is 1. The summed E-state index contributed by atoms with van der Waals surface area (Å²) in [5, 5.41) is 27.9. The summed E-state index contributed by atoms with van der Waals surface area (Å²) >= 11 is 0. The molecule has 0 bridgehead atoms. The number of hydrogen-bond donors (Lipinski definition) is 2. The average molecular weight is 209 g/mol. The predicted octanol–water partition coefficient (Wildman–Crippen LogP) is 1.40. The molecular weight excluding hydrogens is 202 g/mol. The Morgan fingerprint density at radius 2 is 2.13 bits per heavy atom. The monoisotopic (exact) mass is 209 g/mol. The smallest absolute Gasteiger partial charge is 0.328 e. The van der Waals surface area contributed by atoms with Gasteiger partial charge in [0, 0.05) is 17.7 Å². The van der Waals surface area contributed by atoms with Crippen LogP contribution in [0.2, 0.25) is 0 Å². The van der Waals surface area contributed by atoms with Crippen LogP contribution in [0.4, 0.5) is 5.69 Å². The lowest BCUT2D eigenvalue weighted by Gasteiger charge is -1.97. The Labute approximate surface area is 84.2 Å². The van der Waals surface area contributed by atoms with Gasteiger partial charge in [-0.1, -0.05) is 0 Å². The SMILES string of the molecule is O=C(O)/C=C/c1ccc([N+](=O)[O-])cc1O. The molecule has 6 nitrogen and oxygen atoms in total. The highest BCUT2D eigenvalue weighted by molar-refractivity contribution is 5.86. The fourth-order valence-corrected chi connectivity index (χ4v) is 0.948. The van der Waals surface area contributed by atoms with Crippen molar-refractivity contribution in [2.45, 2.75) is 0 Å². The van der Waals surface area contributed by atoms with Crippen molar-refractivity contribution in [2.24, 2.45) is 0 Å². The molecule has 0 fully saturated rings. The van der Waals surface area contributed by atoms with E-state index in [-0.39, 0.29) is 17.0 Å². The number of carboxylic acid groups (broad SMARTS) is 1. The number of benzene rings is 1. The molecule has 78 valence electrons. The van der Waals surface area contributed by atoms with Gasteiger partial charge in [-0.25, -0.2) is 4.79 Å². The molecule has 0 heterocycles. The standard InChI is InChI=1S/C9H7NO5/c11-8-5-7(10(14)15)3-1-6(8)2-4-9(12)13/h1-5,11H,(H,12,13)/b4-2+. The van der Waals surface area contributed by atoms with Gasteiger partial charge in [-0.15, -0.1) is 0 Å². The Morgan fingerprint density at radius 1 is 1.47 bits per heavy atom. The highest BCUT2D eigenvalue weighted by Gasteiger charge is 2.08. The van der Waals surface area contributed by atoms with Crippen LogP contribution >= 0.6 is 0 Å². The Kier molecular flexibility index (Phi) is 3.02. The summed E-state index contributed by atoms with van der Waals surface area (Å²) in [5.41, 5.74) is -0.0389. The van der Waals surface area contributed by atoms with E-state index < -0.39 is 10.9 Å². The molecule has 0 aliphatic rings. The average Bonchev–Trinajstić information content (AvgIpc) is 2.15. The first-order chi connectivity index (χ1) is 7.00. The number of phenols is 1. The third-order valence-corrected chi connectivity index (χ3v) is 1.63. The van der Waals surface area contributed by atoms with Crippen molar-refractivity contribution in [3.05, 3.63) is 40.0 Å². The molecule has 6 heteroatoms. The molecular formula is C9H7NO5. The van der Waals surface area contributed by atoms with Crippen molar-refractivity contribution in [3.63, 3.8) is 0 Å². The van der Waals surface area contributed by atoms with Crippen LogP contribution in [0.5, 0.6) is 5.75 Å². The molecule has 0 atom stereocenters. The Balaban J connectivity index is 3.03. The first kappa shape index (κ1) is 10.7. The molecule has 0 aromatic heterocycles. The molecule has 1 aromatic rings. The molecule has 1 rings (SSSR count). The predicted molar refractivity (Wildman–Crippen MR) is 51.4 cm³/mol. The first-order valence-electron chi connectivity index (χ1n) is 3.89. The number of nitrogens with zero attached hydrogens (tertiary/aromatic N) is 1. The summed E-state index contributed by atoms with van der Waals surface area (Å²) in [6.07, 6.45) is 1.99. The van der Waals surface area contributed by atoms with E-state index in [1.54, 1.807) is 0 Å². The van der Waals surface area contributed by atoms with Gasteiger partial charge in [0.2, 0.25) is 0 Å². The molecule has 0 radical (unpaired) electrons. The van der Waals surface area contributed by atoms with Crippen LogP contribution in [0, 0.1) is 10.1 Å². The van der Waals surface area contributed by atoms with E-state index in [1.807, 2.05) is 0 Å². The molecule has 0 saturated heterocycles. The lowest BCUT2D eigenvalue weighted by Crippen LogP contribution is -1.89. The van der Waals surface area contributed by atoms with Crippen molar-refractivity contribution < 1.29 is 19.9 Å². The van der Waals surface area contributed by atoms with E-state index in [9.17, 15) is 20.0 Å².